The molecule has 0 saturated carbocycles. The van der Waals surface area contributed by atoms with Gasteiger partial charge in [-0.3, -0.25) is 0 Å². The van der Waals surface area contributed by atoms with E-state index in [0.29, 0.717) is 19.6 Å². The highest BCUT2D eigenvalue weighted by Gasteiger charge is 2.34. The first-order valence-electron chi connectivity index (χ1n) is 8.69. The third-order valence-electron chi connectivity index (χ3n) is 4.59. The monoisotopic (exact) mass is 366 g/mol. The highest BCUT2D eigenvalue weighted by atomic mass is 32.2. The Morgan fingerprint density at radius 3 is 2.48 bits per heavy atom. The number of benzene rings is 1. The highest BCUT2D eigenvalue weighted by molar-refractivity contribution is 7.86. The van der Waals surface area contributed by atoms with Gasteiger partial charge >= 0.3 is 0 Å². The molecule has 2 aromatic rings. The van der Waals surface area contributed by atoms with E-state index in [-0.39, 0.29) is 12.2 Å². The fraction of sp³-hybridized carbons (Fsp3) is 0.556. The summed E-state index contributed by atoms with van der Waals surface area (Å²) < 4.78 is 40.5. The van der Waals surface area contributed by atoms with Gasteiger partial charge < -0.3 is 9.15 Å². The highest BCUT2D eigenvalue weighted by Crippen LogP contribution is 2.28. The molecule has 1 aromatic carbocycles. The van der Waals surface area contributed by atoms with Crippen LogP contribution in [0.3, 0.4) is 0 Å². The fourth-order valence-electron chi connectivity index (χ4n) is 3.43. The largest absolute Gasteiger partial charge is 0.461 e. The average molecular weight is 366 g/mol. The summed E-state index contributed by atoms with van der Waals surface area (Å²) >= 11 is 0. The van der Waals surface area contributed by atoms with Crippen molar-refractivity contribution in [2.75, 3.05) is 20.1 Å². The lowest BCUT2D eigenvalue weighted by Crippen LogP contribution is -2.52. The summed E-state index contributed by atoms with van der Waals surface area (Å²) in [5.41, 5.74) is 1.74. The van der Waals surface area contributed by atoms with E-state index >= 15 is 0 Å². The molecule has 2 unspecified atom stereocenters. The van der Waals surface area contributed by atoms with Gasteiger partial charge in [-0.2, -0.15) is 17.0 Å². The van der Waals surface area contributed by atoms with Crippen molar-refractivity contribution in [1.29, 1.82) is 0 Å². The number of hydrogen-bond acceptors (Lipinski definition) is 4. The van der Waals surface area contributed by atoms with Crippen LogP contribution in [-0.4, -0.2) is 49.4 Å². The number of rotatable bonds is 5. The Morgan fingerprint density at radius 1 is 1.20 bits per heavy atom. The minimum Gasteiger partial charge on any atom is -0.461 e. The van der Waals surface area contributed by atoms with Crippen LogP contribution in [0.1, 0.15) is 32.1 Å². The maximum Gasteiger partial charge on any atom is 0.282 e. The molecule has 7 heteroatoms. The maximum absolute atomic E-state index is 13.0. The summed E-state index contributed by atoms with van der Waals surface area (Å²) in [5.74, 6) is 0.840. The number of nitrogens with zero attached hydrogens (tertiary/aromatic N) is 2. The fourth-order valence-corrected chi connectivity index (χ4v) is 4.91. The molecule has 6 nitrogen and oxygen atoms in total. The number of morpholine rings is 1. The second-order valence-electron chi connectivity index (χ2n) is 6.69. The molecule has 3 rings (SSSR count). The Hall–Kier alpha value is -1.41. The standard InChI is InChI=1S/C18H26N2O4S/c1-5-17-16(15-8-6-7-9-18(15)24-17)12-19(4)25(21,22)20-10-13(2)23-14(3)11-20/h6-9,13-14H,5,10-12H2,1-4H3. The van der Waals surface area contributed by atoms with Gasteiger partial charge in [-0.15, -0.1) is 0 Å². The number of aryl methyl sites for hydroxylation is 1. The predicted molar refractivity (Wildman–Crippen MR) is 97.6 cm³/mol. The van der Waals surface area contributed by atoms with Gasteiger partial charge in [0.25, 0.3) is 10.2 Å². The van der Waals surface area contributed by atoms with E-state index in [4.69, 9.17) is 9.15 Å². The smallest absolute Gasteiger partial charge is 0.282 e. The maximum atomic E-state index is 13.0. The van der Waals surface area contributed by atoms with Gasteiger partial charge in [0, 0.05) is 44.1 Å². The van der Waals surface area contributed by atoms with Crippen LogP contribution in [0.5, 0.6) is 0 Å². The minimum atomic E-state index is -3.55. The topological polar surface area (TPSA) is 63.0 Å². The molecule has 138 valence electrons. The SMILES string of the molecule is CCc1oc2ccccc2c1CN(C)S(=O)(=O)N1CC(C)OC(C)C1. The van der Waals surface area contributed by atoms with Crippen molar-refractivity contribution in [2.45, 2.75) is 45.9 Å². The van der Waals surface area contributed by atoms with Crippen LogP contribution in [-0.2, 0) is 27.9 Å². The lowest BCUT2D eigenvalue weighted by atomic mass is 10.1. The molecule has 0 amide bonds. The van der Waals surface area contributed by atoms with Crippen molar-refractivity contribution in [3.05, 3.63) is 35.6 Å². The molecule has 0 aliphatic carbocycles. The summed E-state index contributed by atoms with van der Waals surface area (Å²) in [6.07, 6.45) is 0.518. The van der Waals surface area contributed by atoms with Crippen molar-refractivity contribution in [1.82, 2.24) is 8.61 Å². The Labute approximate surface area is 149 Å². The van der Waals surface area contributed by atoms with Gasteiger partial charge in [0.2, 0.25) is 0 Å². The predicted octanol–water partition coefficient (Wildman–Crippen LogP) is 2.78. The van der Waals surface area contributed by atoms with E-state index in [1.54, 1.807) is 7.05 Å². The number of para-hydroxylation sites is 1. The molecule has 1 aromatic heterocycles. The van der Waals surface area contributed by atoms with Gasteiger partial charge in [0.1, 0.15) is 11.3 Å². The van der Waals surface area contributed by atoms with E-state index < -0.39 is 10.2 Å². The number of furan rings is 1. The molecule has 0 N–H and O–H groups in total. The zero-order chi connectivity index (χ0) is 18.2. The molecular formula is C18H26N2O4S. The normalized spacial score (nSPS) is 22.8. The molecule has 0 radical (unpaired) electrons. The second kappa shape index (κ2) is 7.07. The van der Waals surface area contributed by atoms with Crippen molar-refractivity contribution in [3.63, 3.8) is 0 Å². The lowest BCUT2D eigenvalue weighted by molar-refractivity contribution is -0.0453. The Balaban J connectivity index is 1.88. The summed E-state index contributed by atoms with van der Waals surface area (Å²) in [4.78, 5) is 0. The molecule has 2 heterocycles. The first kappa shape index (κ1) is 18.4. The number of fused-ring (bicyclic) bond motifs is 1. The van der Waals surface area contributed by atoms with Crippen LogP contribution in [0.2, 0.25) is 0 Å². The van der Waals surface area contributed by atoms with Crippen molar-refractivity contribution in [2.24, 2.45) is 0 Å². The third kappa shape index (κ3) is 3.60. The summed E-state index contributed by atoms with van der Waals surface area (Å²) in [6.45, 7) is 6.87. The Kier molecular flexibility index (Phi) is 5.20. The van der Waals surface area contributed by atoms with Gasteiger partial charge in [0.05, 0.1) is 12.2 Å². The molecule has 1 fully saturated rings. The molecule has 1 aliphatic rings. The third-order valence-corrected chi connectivity index (χ3v) is 6.46. The summed E-state index contributed by atoms with van der Waals surface area (Å²) in [7, 11) is -1.93. The van der Waals surface area contributed by atoms with Crippen LogP contribution in [0, 0.1) is 0 Å². The van der Waals surface area contributed by atoms with Crippen LogP contribution in [0.25, 0.3) is 11.0 Å². The molecule has 1 saturated heterocycles. The molecular weight excluding hydrogens is 340 g/mol. The summed E-state index contributed by atoms with van der Waals surface area (Å²) in [5, 5.41) is 0.977. The van der Waals surface area contributed by atoms with Crippen LogP contribution in [0.4, 0.5) is 0 Å². The Bertz CT molecular complexity index is 836. The van der Waals surface area contributed by atoms with E-state index in [9.17, 15) is 8.42 Å². The second-order valence-corrected chi connectivity index (χ2v) is 8.73. The quantitative estimate of drug-likeness (QED) is 0.816. The van der Waals surface area contributed by atoms with Crippen LogP contribution in [0.15, 0.2) is 28.7 Å². The minimum absolute atomic E-state index is 0.104. The molecule has 0 spiro atoms. The number of hydrogen-bond donors (Lipinski definition) is 0. The molecule has 0 bridgehead atoms. The zero-order valence-corrected chi connectivity index (χ0v) is 16.0. The average Bonchev–Trinajstić information content (AvgIpc) is 2.92. The van der Waals surface area contributed by atoms with Gasteiger partial charge in [0.15, 0.2) is 0 Å². The Morgan fingerprint density at radius 2 is 1.84 bits per heavy atom. The molecule has 2 atom stereocenters. The molecule has 1 aliphatic heterocycles. The van der Waals surface area contributed by atoms with Crippen molar-refractivity contribution in [3.8, 4) is 0 Å². The summed E-state index contributed by atoms with van der Waals surface area (Å²) in [6, 6.07) is 7.76. The number of ether oxygens (including phenoxy) is 1. The lowest BCUT2D eigenvalue weighted by Gasteiger charge is -2.36. The zero-order valence-electron chi connectivity index (χ0n) is 15.2. The molecule has 25 heavy (non-hydrogen) atoms. The first-order valence-corrected chi connectivity index (χ1v) is 10.1. The van der Waals surface area contributed by atoms with Gasteiger partial charge in [-0.1, -0.05) is 25.1 Å². The van der Waals surface area contributed by atoms with E-state index in [1.807, 2.05) is 45.0 Å². The van der Waals surface area contributed by atoms with Crippen molar-refractivity contribution < 1.29 is 17.6 Å². The van der Waals surface area contributed by atoms with Gasteiger partial charge in [-0.25, -0.2) is 0 Å². The van der Waals surface area contributed by atoms with Crippen molar-refractivity contribution >= 4 is 21.2 Å². The van der Waals surface area contributed by atoms with E-state index in [1.165, 1.54) is 8.61 Å². The van der Waals surface area contributed by atoms with E-state index in [0.717, 1.165) is 28.7 Å². The first-order chi connectivity index (χ1) is 11.8. The van der Waals surface area contributed by atoms with Crippen LogP contribution >= 0.6 is 0 Å². The van der Waals surface area contributed by atoms with Gasteiger partial charge in [-0.05, 0) is 19.9 Å². The van der Waals surface area contributed by atoms with E-state index in [2.05, 4.69) is 0 Å². The van der Waals surface area contributed by atoms with Crippen LogP contribution < -0.4 is 0 Å².